The van der Waals surface area contributed by atoms with Crippen LogP contribution in [0.5, 0.6) is 0 Å². The number of oxazole rings is 1. The first-order chi connectivity index (χ1) is 12.7. The predicted molar refractivity (Wildman–Crippen MR) is 105 cm³/mol. The van der Waals surface area contributed by atoms with Crippen molar-refractivity contribution >= 4 is 29.2 Å². The number of amidine groups is 1. The molecule has 0 unspecified atom stereocenters. The summed E-state index contributed by atoms with van der Waals surface area (Å²) in [5.74, 6) is 0.702. The van der Waals surface area contributed by atoms with E-state index >= 15 is 0 Å². The van der Waals surface area contributed by atoms with Crippen LogP contribution in [-0.2, 0) is 0 Å². The van der Waals surface area contributed by atoms with Crippen molar-refractivity contribution in [3.63, 3.8) is 0 Å². The first kappa shape index (κ1) is 16.3. The minimum atomic E-state index is -0.0176. The Morgan fingerprint density at radius 3 is 2.54 bits per heavy atom. The Balaban J connectivity index is 1.58. The lowest BCUT2D eigenvalue weighted by molar-refractivity contribution is 0.333. The molecule has 2 heterocycles. The van der Waals surface area contributed by atoms with Crippen LogP contribution in [-0.4, -0.2) is 20.9 Å². The highest BCUT2D eigenvalue weighted by Gasteiger charge is 2.31. The summed E-state index contributed by atoms with van der Waals surface area (Å²) in [4.78, 5) is 8.92. The number of aromatic nitrogens is 1. The monoisotopic (exact) mass is 363 g/mol. The van der Waals surface area contributed by atoms with Crippen LogP contribution < -0.4 is 11.2 Å². The van der Waals surface area contributed by atoms with E-state index in [1.165, 1.54) is 0 Å². The van der Waals surface area contributed by atoms with Gasteiger partial charge in [-0.15, -0.1) is 0 Å². The zero-order chi connectivity index (χ0) is 17.9. The predicted octanol–water partition coefficient (Wildman–Crippen LogP) is 3.57. The Labute approximate surface area is 156 Å². The van der Waals surface area contributed by atoms with Crippen LogP contribution in [0.1, 0.15) is 18.0 Å². The van der Waals surface area contributed by atoms with Crippen molar-refractivity contribution in [3.05, 3.63) is 72.5 Å². The van der Waals surface area contributed by atoms with Crippen LogP contribution in [0.4, 0.5) is 6.01 Å². The van der Waals surface area contributed by atoms with Gasteiger partial charge in [0.05, 0.1) is 6.04 Å². The molecule has 1 saturated heterocycles. The summed E-state index contributed by atoms with van der Waals surface area (Å²) in [5, 5.41) is 2.01. The number of nitrogens with one attached hydrogen (secondary N) is 1. The zero-order valence-electron chi connectivity index (χ0n) is 13.9. The first-order valence-corrected chi connectivity index (χ1v) is 8.60. The van der Waals surface area contributed by atoms with E-state index in [0.29, 0.717) is 18.3 Å². The van der Waals surface area contributed by atoms with Crippen LogP contribution >= 0.6 is 12.2 Å². The molecule has 3 N–H and O–H groups in total. The standard InChI is InChI=1S/C19H17N5OS/c20-18(26)24-16(14-9-5-2-6-10-14)11-17(23-24)22-19-21-15(12-25-19)13-7-3-1-4-8-13/h1-10,12,16H,11H2,(H2,20,26)(H,21,22,23)/t16-/m1/s1. The zero-order valence-corrected chi connectivity index (χ0v) is 14.7. The lowest BCUT2D eigenvalue weighted by atomic mass is 10.0. The largest absolute Gasteiger partial charge is 0.430 e. The molecule has 1 fully saturated rings. The Bertz CT molecular complexity index is 939. The Hall–Kier alpha value is -3.19. The maximum absolute atomic E-state index is 5.86. The molecule has 0 amide bonds. The van der Waals surface area contributed by atoms with E-state index < -0.39 is 0 Å². The number of hydrazine groups is 1. The van der Waals surface area contributed by atoms with Crippen LogP contribution in [0.3, 0.4) is 0 Å². The molecule has 4 rings (SSSR count). The fourth-order valence-electron chi connectivity index (χ4n) is 2.93. The van der Waals surface area contributed by atoms with Crippen LogP contribution in [0.15, 0.2) is 76.3 Å². The van der Waals surface area contributed by atoms with E-state index in [-0.39, 0.29) is 11.2 Å². The number of rotatable bonds is 3. The molecule has 1 atom stereocenters. The second kappa shape index (κ2) is 6.97. The van der Waals surface area contributed by atoms with Gasteiger partial charge in [0.25, 0.3) is 0 Å². The number of hydrogen-bond donors (Lipinski definition) is 2. The normalized spacial score (nSPS) is 18.1. The van der Waals surface area contributed by atoms with Gasteiger partial charge < -0.3 is 10.2 Å². The molecule has 2 aromatic carbocycles. The molecule has 0 bridgehead atoms. The molecule has 0 saturated carbocycles. The summed E-state index contributed by atoms with van der Waals surface area (Å²) in [6, 6.07) is 20.1. The highest BCUT2D eigenvalue weighted by Crippen LogP contribution is 2.29. The molecule has 130 valence electrons. The molecule has 26 heavy (non-hydrogen) atoms. The lowest BCUT2D eigenvalue weighted by Gasteiger charge is -2.23. The van der Waals surface area contributed by atoms with Crippen molar-refractivity contribution in [2.45, 2.75) is 12.5 Å². The summed E-state index contributed by atoms with van der Waals surface area (Å²) >= 11 is 5.17. The summed E-state index contributed by atoms with van der Waals surface area (Å²) < 4.78 is 5.50. The average Bonchev–Trinajstić information content (AvgIpc) is 3.31. The fraction of sp³-hybridized carbons (Fsp3) is 0.105. The van der Waals surface area contributed by atoms with E-state index in [0.717, 1.165) is 16.8 Å². The minimum Gasteiger partial charge on any atom is -0.430 e. The van der Waals surface area contributed by atoms with Gasteiger partial charge in [0.1, 0.15) is 17.8 Å². The smallest absolute Gasteiger partial charge is 0.323 e. The number of nitrogens with zero attached hydrogens (tertiary/aromatic N) is 3. The number of benzene rings is 2. The first-order valence-electron chi connectivity index (χ1n) is 8.19. The number of aliphatic imine (C=N–C) groups is 1. The van der Waals surface area contributed by atoms with E-state index in [4.69, 9.17) is 22.4 Å². The van der Waals surface area contributed by atoms with Gasteiger partial charge in [0, 0.05) is 12.0 Å². The molecule has 0 spiro atoms. The SMILES string of the molecule is NC(=S)N1NC(=Nc2nc(-c3ccccc3)co2)C[C@@H]1c1ccccc1. The quantitative estimate of drug-likeness (QED) is 0.693. The van der Waals surface area contributed by atoms with Gasteiger partial charge in [0.2, 0.25) is 0 Å². The Morgan fingerprint density at radius 2 is 1.85 bits per heavy atom. The molecule has 1 aliphatic heterocycles. The highest BCUT2D eigenvalue weighted by molar-refractivity contribution is 7.80. The van der Waals surface area contributed by atoms with Crippen molar-refractivity contribution in [3.8, 4) is 11.3 Å². The van der Waals surface area contributed by atoms with E-state index in [1.54, 1.807) is 11.3 Å². The maximum atomic E-state index is 5.86. The topological polar surface area (TPSA) is 79.7 Å². The molecule has 0 aliphatic carbocycles. The summed E-state index contributed by atoms with van der Waals surface area (Å²) in [5.41, 5.74) is 11.8. The van der Waals surface area contributed by atoms with Crippen LogP contribution in [0, 0.1) is 0 Å². The van der Waals surface area contributed by atoms with Gasteiger partial charge in [-0.05, 0) is 17.8 Å². The Morgan fingerprint density at radius 1 is 1.15 bits per heavy atom. The molecular formula is C19H17N5OS. The van der Waals surface area contributed by atoms with Gasteiger partial charge in [-0.2, -0.15) is 9.98 Å². The third-order valence-electron chi connectivity index (χ3n) is 4.16. The van der Waals surface area contributed by atoms with E-state index in [2.05, 4.69) is 15.4 Å². The average molecular weight is 363 g/mol. The molecule has 7 heteroatoms. The van der Waals surface area contributed by atoms with E-state index in [1.807, 2.05) is 60.7 Å². The number of thiocarbonyl (C=S) groups is 1. The van der Waals surface area contributed by atoms with Crippen molar-refractivity contribution in [1.82, 2.24) is 15.4 Å². The van der Waals surface area contributed by atoms with Gasteiger partial charge >= 0.3 is 6.01 Å². The van der Waals surface area contributed by atoms with Crippen LogP contribution in [0.25, 0.3) is 11.3 Å². The molecule has 6 nitrogen and oxygen atoms in total. The summed E-state index contributed by atoms with van der Waals surface area (Å²) in [6.07, 6.45) is 2.23. The third kappa shape index (κ3) is 3.29. The van der Waals surface area contributed by atoms with Crippen molar-refractivity contribution in [2.75, 3.05) is 0 Å². The second-order valence-electron chi connectivity index (χ2n) is 5.89. The van der Waals surface area contributed by atoms with Gasteiger partial charge in [-0.3, -0.25) is 10.4 Å². The third-order valence-corrected chi connectivity index (χ3v) is 4.36. The molecule has 1 aliphatic rings. The molecule has 1 aromatic heterocycles. The van der Waals surface area contributed by atoms with Crippen molar-refractivity contribution < 1.29 is 4.42 Å². The summed E-state index contributed by atoms with van der Waals surface area (Å²) in [7, 11) is 0. The van der Waals surface area contributed by atoms with Gasteiger partial charge in [0.15, 0.2) is 5.11 Å². The maximum Gasteiger partial charge on any atom is 0.323 e. The molecule has 0 radical (unpaired) electrons. The van der Waals surface area contributed by atoms with Gasteiger partial charge in [-0.1, -0.05) is 60.7 Å². The van der Waals surface area contributed by atoms with Crippen molar-refractivity contribution in [2.24, 2.45) is 10.7 Å². The number of hydrogen-bond acceptors (Lipinski definition) is 4. The van der Waals surface area contributed by atoms with Gasteiger partial charge in [-0.25, -0.2) is 0 Å². The van der Waals surface area contributed by atoms with Crippen molar-refractivity contribution in [1.29, 1.82) is 0 Å². The number of nitrogens with two attached hydrogens (primary N) is 1. The highest BCUT2D eigenvalue weighted by atomic mass is 32.1. The minimum absolute atomic E-state index is 0.0176. The molecule has 3 aromatic rings. The van der Waals surface area contributed by atoms with E-state index in [9.17, 15) is 0 Å². The lowest BCUT2D eigenvalue weighted by Crippen LogP contribution is -2.43. The fourth-order valence-corrected chi connectivity index (χ4v) is 3.10. The summed E-state index contributed by atoms with van der Waals surface area (Å²) in [6.45, 7) is 0. The second-order valence-corrected chi connectivity index (χ2v) is 6.31. The Kier molecular flexibility index (Phi) is 4.37. The van der Waals surface area contributed by atoms with Crippen LogP contribution in [0.2, 0.25) is 0 Å². The molecular weight excluding hydrogens is 346 g/mol.